The van der Waals surface area contributed by atoms with Crippen molar-refractivity contribution in [2.24, 2.45) is 0 Å². The van der Waals surface area contributed by atoms with Crippen molar-refractivity contribution in [3.05, 3.63) is 46.4 Å². The van der Waals surface area contributed by atoms with E-state index in [4.69, 9.17) is 5.26 Å². The van der Waals surface area contributed by atoms with Crippen molar-refractivity contribution in [3.63, 3.8) is 0 Å². The van der Waals surface area contributed by atoms with E-state index in [0.717, 1.165) is 18.7 Å². The summed E-state index contributed by atoms with van der Waals surface area (Å²) in [5, 5.41) is 11.1. The third-order valence-corrected chi connectivity index (χ3v) is 3.54. The molecule has 0 saturated heterocycles. The normalized spacial score (nSPS) is 9.88. The van der Waals surface area contributed by atoms with E-state index in [2.05, 4.69) is 33.5 Å². The van der Waals surface area contributed by atoms with Gasteiger partial charge in [0.1, 0.15) is 6.07 Å². The minimum Gasteiger partial charge on any atom is -0.372 e. The van der Waals surface area contributed by atoms with Crippen LogP contribution in [0.1, 0.15) is 10.4 Å². The predicted octanol–water partition coefficient (Wildman–Crippen LogP) is 2.69. The number of pyridine rings is 1. The molecule has 0 saturated carbocycles. The van der Waals surface area contributed by atoms with Crippen LogP contribution in [0.25, 0.3) is 0 Å². The maximum atomic E-state index is 9.02. The fourth-order valence-electron chi connectivity index (χ4n) is 1.64. The average Bonchev–Trinajstić information content (AvgIpc) is 2.89. The summed E-state index contributed by atoms with van der Waals surface area (Å²) in [5.74, 6) is 0. The Hall–Kier alpha value is -1.86. The lowest BCUT2D eigenvalue weighted by atomic mass is 10.2. The summed E-state index contributed by atoms with van der Waals surface area (Å²) >= 11 is 1.76. The SMILES string of the molecule is CN(CCc1cccs1)c1cnccc1C#N. The summed E-state index contributed by atoms with van der Waals surface area (Å²) < 4.78 is 0. The summed E-state index contributed by atoms with van der Waals surface area (Å²) in [4.78, 5) is 7.50. The lowest BCUT2D eigenvalue weighted by Crippen LogP contribution is -2.21. The second kappa shape index (κ2) is 5.46. The lowest BCUT2D eigenvalue weighted by Gasteiger charge is -2.19. The first kappa shape index (κ1) is 11.6. The van der Waals surface area contributed by atoms with Crippen LogP contribution in [0.4, 0.5) is 5.69 Å². The van der Waals surface area contributed by atoms with Crippen LogP contribution in [0.15, 0.2) is 36.0 Å². The van der Waals surface area contributed by atoms with Gasteiger partial charge in [-0.25, -0.2) is 0 Å². The van der Waals surface area contributed by atoms with Crippen molar-refractivity contribution in [1.82, 2.24) is 4.98 Å². The molecule has 0 unspecified atom stereocenters. The van der Waals surface area contributed by atoms with Gasteiger partial charge >= 0.3 is 0 Å². The zero-order valence-electron chi connectivity index (χ0n) is 9.63. The number of nitriles is 1. The second-order valence-corrected chi connectivity index (χ2v) is 4.79. The first-order chi connectivity index (χ1) is 8.31. The van der Waals surface area contributed by atoms with Gasteiger partial charge in [0.2, 0.25) is 0 Å². The average molecular weight is 243 g/mol. The Kier molecular flexibility index (Phi) is 3.73. The Labute approximate surface area is 105 Å². The number of hydrogen-bond donors (Lipinski definition) is 0. The Balaban J connectivity index is 2.05. The number of thiophene rings is 1. The second-order valence-electron chi connectivity index (χ2n) is 3.76. The topological polar surface area (TPSA) is 39.9 Å². The molecule has 0 N–H and O–H groups in total. The van der Waals surface area contributed by atoms with Crippen LogP contribution in [-0.2, 0) is 6.42 Å². The van der Waals surface area contributed by atoms with Crippen molar-refractivity contribution >= 4 is 17.0 Å². The summed E-state index contributed by atoms with van der Waals surface area (Å²) in [5.41, 5.74) is 1.57. The monoisotopic (exact) mass is 243 g/mol. The Morgan fingerprint density at radius 1 is 1.47 bits per heavy atom. The van der Waals surface area contributed by atoms with Crippen LogP contribution in [0, 0.1) is 11.3 Å². The summed E-state index contributed by atoms with van der Waals surface area (Å²) in [6.07, 6.45) is 4.38. The maximum absolute atomic E-state index is 9.02. The third-order valence-electron chi connectivity index (χ3n) is 2.61. The Morgan fingerprint density at radius 2 is 2.35 bits per heavy atom. The first-order valence-electron chi connectivity index (χ1n) is 5.39. The van der Waals surface area contributed by atoms with Gasteiger partial charge in [0.05, 0.1) is 17.4 Å². The molecule has 0 aromatic carbocycles. The number of aromatic nitrogens is 1. The molecule has 2 rings (SSSR count). The zero-order valence-corrected chi connectivity index (χ0v) is 10.4. The minimum atomic E-state index is 0.675. The van der Waals surface area contributed by atoms with Crippen molar-refractivity contribution in [2.45, 2.75) is 6.42 Å². The Morgan fingerprint density at radius 3 is 3.06 bits per heavy atom. The molecule has 2 aromatic heterocycles. The van der Waals surface area contributed by atoms with Gasteiger partial charge in [0.15, 0.2) is 0 Å². The van der Waals surface area contributed by atoms with Crippen LogP contribution in [0.5, 0.6) is 0 Å². The summed E-state index contributed by atoms with van der Waals surface area (Å²) in [6.45, 7) is 0.890. The molecule has 0 bridgehead atoms. The van der Waals surface area contributed by atoms with Gasteiger partial charge in [0.25, 0.3) is 0 Å². The van der Waals surface area contributed by atoms with Crippen LogP contribution < -0.4 is 4.90 Å². The highest BCUT2D eigenvalue weighted by molar-refractivity contribution is 7.09. The van der Waals surface area contributed by atoms with E-state index < -0.39 is 0 Å². The number of nitrogens with zero attached hydrogens (tertiary/aromatic N) is 3. The third kappa shape index (κ3) is 2.83. The molecular formula is C13H13N3S. The van der Waals surface area contributed by atoms with Crippen LogP contribution in [-0.4, -0.2) is 18.6 Å². The van der Waals surface area contributed by atoms with E-state index in [-0.39, 0.29) is 0 Å². The molecule has 0 atom stereocenters. The number of likely N-dealkylation sites (N-methyl/N-ethyl adjacent to an activating group) is 1. The van der Waals surface area contributed by atoms with E-state index in [0.29, 0.717) is 5.56 Å². The molecule has 86 valence electrons. The van der Waals surface area contributed by atoms with Crippen LogP contribution >= 0.6 is 11.3 Å². The van der Waals surface area contributed by atoms with Gasteiger partial charge in [-0.2, -0.15) is 5.26 Å². The molecule has 0 amide bonds. The smallest absolute Gasteiger partial charge is 0.101 e. The van der Waals surface area contributed by atoms with Crippen molar-refractivity contribution in [2.75, 3.05) is 18.5 Å². The summed E-state index contributed by atoms with van der Waals surface area (Å²) in [7, 11) is 1.99. The van der Waals surface area contributed by atoms with E-state index in [9.17, 15) is 0 Å². The molecule has 4 heteroatoms. The van der Waals surface area contributed by atoms with Crippen molar-refractivity contribution in [3.8, 4) is 6.07 Å². The lowest BCUT2D eigenvalue weighted by molar-refractivity contribution is 0.882. The fourth-order valence-corrected chi connectivity index (χ4v) is 2.34. The van der Waals surface area contributed by atoms with Gasteiger partial charge in [-0.05, 0) is 23.9 Å². The molecule has 2 heterocycles. The van der Waals surface area contributed by atoms with Crippen LogP contribution in [0.2, 0.25) is 0 Å². The Bertz CT molecular complexity index is 514. The van der Waals surface area contributed by atoms with E-state index >= 15 is 0 Å². The number of anilines is 1. The molecule has 0 radical (unpaired) electrons. The molecule has 2 aromatic rings. The quantitative estimate of drug-likeness (QED) is 0.829. The largest absolute Gasteiger partial charge is 0.372 e. The van der Waals surface area contributed by atoms with E-state index in [1.54, 1.807) is 29.8 Å². The van der Waals surface area contributed by atoms with Gasteiger partial charge in [-0.3, -0.25) is 4.98 Å². The van der Waals surface area contributed by atoms with Crippen LogP contribution in [0.3, 0.4) is 0 Å². The minimum absolute atomic E-state index is 0.675. The number of rotatable bonds is 4. The standard InChI is InChI=1S/C13H13N3S/c1-16(7-5-12-3-2-8-17-12)13-10-15-6-4-11(13)9-14/h2-4,6,8,10H,5,7H2,1H3. The maximum Gasteiger partial charge on any atom is 0.101 e. The molecule has 17 heavy (non-hydrogen) atoms. The highest BCUT2D eigenvalue weighted by Crippen LogP contribution is 2.17. The van der Waals surface area contributed by atoms with Gasteiger partial charge in [-0.15, -0.1) is 11.3 Å². The predicted molar refractivity (Wildman–Crippen MR) is 70.2 cm³/mol. The van der Waals surface area contributed by atoms with Crippen molar-refractivity contribution in [1.29, 1.82) is 5.26 Å². The molecule has 3 nitrogen and oxygen atoms in total. The first-order valence-corrected chi connectivity index (χ1v) is 6.27. The van der Waals surface area contributed by atoms with E-state index in [1.165, 1.54) is 4.88 Å². The highest BCUT2D eigenvalue weighted by Gasteiger charge is 2.07. The number of hydrogen-bond acceptors (Lipinski definition) is 4. The molecule has 0 aliphatic carbocycles. The fraction of sp³-hybridized carbons (Fsp3) is 0.231. The van der Waals surface area contributed by atoms with Crippen molar-refractivity contribution < 1.29 is 0 Å². The van der Waals surface area contributed by atoms with Gasteiger partial charge < -0.3 is 4.90 Å². The zero-order chi connectivity index (χ0) is 12.1. The molecule has 0 aliphatic heterocycles. The molecular weight excluding hydrogens is 230 g/mol. The van der Waals surface area contributed by atoms with Gasteiger partial charge in [0, 0.05) is 24.7 Å². The summed E-state index contributed by atoms with van der Waals surface area (Å²) in [6, 6.07) is 8.13. The molecule has 0 fully saturated rings. The molecule has 0 aliphatic rings. The molecule has 0 spiro atoms. The van der Waals surface area contributed by atoms with E-state index in [1.807, 2.05) is 7.05 Å². The van der Waals surface area contributed by atoms with Gasteiger partial charge in [-0.1, -0.05) is 6.07 Å². The highest BCUT2D eigenvalue weighted by atomic mass is 32.1.